The molecule has 1 atom stereocenters. The van der Waals surface area contributed by atoms with Crippen molar-refractivity contribution in [2.45, 2.75) is 12.6 Å². The Hall–Kier alpha value is -3.13. The van der Waals surface area contributed by atoms with Gasteiger partial charge < -0.3 is 25.2 Å². The van der Waals surface area contributed by atoms with Crippen LogP contribution in [0.4, 0.5) is 0 Å². The molecule has 3 rings (SSSR count). The summed E-state index contributed by atoms with van der Waals surface area (Å²) in [5, 5.41) is 14.6. The molecular weight excluding hydrogens is 326 g/mol. The third-order valence-electron chi connectivity index (χ3n) is 3.65. The van der Waals surface area contributed by atoms with Crippen LogP contribution in [0.3, 0.4) is 0 Å². The molecule has 3 N–H and O–H groups in total. The van der Waals surface area contributed by atoms with E-state index in [1.807, 2.05) is 0 Å². The predicted octanol–water partition coefficient (Wildman–Crippen LogP) is 0.217. The highest BCUT2D eigenvalue weighted by molar-refractivity contribution is 5.97. The van der Waals surface area contributed by atoms with E-state index in [-0.39, 0.29) is 13.3 Å². The fourth-order valence-electron chi connectivity index (χ4n) is 2.30. The number of aliphatic hydroxyl groups excluding tert-OH is 1. The number of nitrogens with one attached hydrogen (secondary N) is 2. The molecule has 0 saturated heterocycles. The summed E-state index contributed by atoms with van der Waals surface area (Å²) in [6, 6.07) is 7.33. The summed E-state index contributed by atoms with van der Waals surface area (Å²) in [6.45, 7) is -0.0976. The Kier molecular flexibility index (Phi) is 5.10. The molecule has 0 radical (unpaired) electrons. The van der Waals surface area contributed by atoms with Gasteiger partial charge in [0.15, 0.2) is 11.5 Å². The first kappa shape index (κ1) is 16.7. The van der Waals surface area contributed by atoms with Gasteiger partial charge in [-0.2, -0.15) is 0 Å². The van der Waals surface area contributed by atoms with Crippen molar-refractivity contribution in [2.24, 2.45) is 0 Å². The number of carbonyl (C=O) groups is 2. The Labute approximate surface area is 143 Å². The minimum atomic E-state index is -1.05. The quantitative estimate of drug-likeness (QED) is 0.692. The van der Waals surface area contributed by atoms with Gasteiger partial charge in [-0.05, 0) is 29.8 Å². The molecule has 0 saturated carbocycles. The van der Waals surface area contributed by atoms with Crippen molar-refractivity contribution in [2.75, 3.05) is 13.4 Å². The van der Waals surface area contributed by atoms with Crippen LogP contribution in [0.5, 0.6) is 11.5 Å². The molecule has 1 unspecified atom stereocenters. The zero-order valence-electron chi connectivity index (χ0n) is 13.3. The second-order valence-electron chi connectivity index (χ2n) is 5.35. The Balaban J connectivity index is 1.56. The van der Waals surface area contributed by atoms with Gasteiger partial charge in [-0.3, -0.25) is 14.6 Å². The molecule has 0 spiro atoms. The van der Waals surface area contributed by atoms with E-state index in [1.165, 1.54) is 24.5 Å². The summed E-state index contributed by atoms with van der Waals surface area (Å²) >= 11 is 0. The number of carbonyl (C=O) groups excluding carboxylic acids is 2. The van der Waals surface area contributed by atoms with E-state index in [1.54, 1.807) is 18.2 Å². The molecule has 2 amide bonds. The van der Waals surface area contributed by atoms with Gasteiger partial charge in [0.2, 0.25) is 12.7 Å². The SMILES string of the molecule is O=C(NC(CO)C(=O)NCc1ccc2c(c1)OCO2)c1ccncc1. The van der Waals surface area contributed by atoms with Crippen molar-refractivity contribution in [1.29, 1.82) is 0 Å². The van der Waals surface area contributed by atoms with Crippen molar-refractivity contribution in [3.8, 4) is 11.5 Å². The first-order valence-electron chi connectivity index (χ1n) is 7.65. The summed E-state index contributed by atoms with van der Waals surface area (Å²) in [5.74, 6) is 0.339. The third kappa shape index (κ3) is 4.04. The standard InChI is InChI=1S/C17H17N3O5/c21-9-13(20-16(22)12-3-5-18-6-4-12)17(23)19-8-11-1-2-14-15(7-11)25-10-24-14/h1-7,13,21H,8-10H2,(H,19,23)(H,20,22). The molecule has 1 aromatic heterocycles. The Morgan fingerprint density at radius 1 is 1.16 bits per heavy atom. The monoisotopic (exact) mass is 343 g/mol. The summed E-state index contributed by atoms with van der Waals surface area (Å²) in [7, 11) is 0. The number of ether oxygens (including phenoxy) is 2. The van der Waals surface area contributed by atoms with E-state index in [9.17, 15) is 14.7 Å². The number of aromatic nitrogens is 1. The summed E-state index contributed by atoms with van der Waals surface area (Å²) in [5.41, 5.74) is 1.17. The van der Waals surface area contributed by atoms with Gasteiger partial charge >= 0.3 is 0 Å². The van der Waals surface area contributed by atoms with Gasteiger partial charge in [0, 0.05) is 24.5 Å². The number of benzene rings is 1. The number of aliphatic hydroxyl groups is 1. The molecule has 1 aliphatic rings. The number of hydrogen-bond donors (Lipinski definition) is 3. The Bertz CT molecular complexity index is 766. The zero-order valence-corrected chi connectivity index (χ0v) is 13.3. The van der Waals surface area contributed by atoms with E-state index in [2.05, 4.69) is 15.6 Å². The van der Waals surface area contributed by atoms with Crippen molar-refractivity contribution in [3.63, 3.8) is 0 Å². The highest BCUT2D eigenvalue weighted by atomic mass is 16.7. The predicted molar refractivity (Wildman–Crippen MR) is 87.0 cm³/mol. The molecule has 130 valence electrons. The van der Waals surface area contributed by atoms with Gasteiger partial charge in [-0.1, -0.05) is 6.07 Å². The first-order chi connectivity index (χ1) is 12.2. The molecular formula is C17H17N3O5. The molecule has 2 aromatic rings. The highest BCUT2D eigenvalue weighted by Gasteiger charge is 2.21. The van der Waals surface area contributed by atoms with E-state index in [0.29, 0.717) is 17.1 Å². The lowest BCUT2D eigenvalue weighted by atomic mass is 10.2. The largest absolute Gasteiger partial charge is 0.454 e. The number of hydrogen-bond acceptors (Lipinski definition) is 6. The number of pyridine rings is 1. The first-order valence-corrected chi connectivity index (χ1v) is 7.65. The molecule has 0 bridgehead atoms. The van der Waals surface area contributed by atoms with Gasteiger partial charge in [0.05, 0.1) is 6.61 Å². The van der Waals surface area contributed by atoms with Crippen LogP contribution in [0, 0.1) is 0 Å². The normalized spacial score (nSPS) is 13.2. The van der Waals surface area contributed by atoms with Crippen molar-refractivity contribution < 1.29 is 24.2 Å². The summed E-state index contributed by atoms with van der Waals surface area (Å²) in [6.07, 6.45) is 2.95. The maximum atomic E-state index is 12.2. The minimum absolute atomic E-state index is 0.179. The van der Waals surface area contributed by atoms with Crippen LogP contribution in [0.2, 0.25) is 0 Å². The van der Waals surface area contributed by atoms with E-state index in [0.717, 1.165) is 5.56 Å². The van der Waals surface area contributed by atoms with E-state index in [4.69, 9.17) is 9.47 Å². The van der Waals surface area contributed by atoms with Gasteiger partial charge in [0.25, 0.3) is 5.91 Å². The maximum absolute atomic E-state index is 12.2. The van der Waals surface area contributed by atoms with Crippen LogP contribution in [0.15, 0.2) is 42.7 Å². The van der Waals surface area contributed by atoms with Crippen LogP contribution < -0.4 is 20.1 Å². The molecule has 0 fully saturated rings. The topological polar surface area (TPSA) is 110 Å². The molecule has 1 aromatic carbocycles. The molecule has 8 nitrogen and oxygen atoms in total. The molecule has 25 heavy (non-hydrogen) atoms. The fraction of sp³-hybridized carbons (Fsp3) is 0.235. The van der Waals surface area contributed by atoms with Crippen LogP contribution in [0.25, 0.3) is 0 Å². The van der Waals surface area contributed by atoms with Gasteiger partial charge in [-0.15, -0.1) is 0 Å². The molecule has 8 heteroatoms. The van der Waals surface area contributed by atoms with Crippen molar-refractivity contribution in [3.05, 3.63) is 53.9 Å². The average molecular weight is 343 g/mol. The van der Waals surface area contributed by atoms with E-state index < -0.39 is 24.5 Å². The van der Waals surface area contributed by atoms with Gasteiger partial charge in [0.1, 0.15) is 6.04 Å². The lowest BCUT2D eigenvalue weighted by Gasteiger charge is -2.16. The smallest absolute Gasteiger partial charge is 0.252 e. The van der Waals surface area contributed by atoms with Crippen molar-refractivity contribution >= 4 is 11.8 Å². The lowest BCUT2D eigenvalue weighted by Crippen LogP contribution is -2.48. The van der Waals surface area contributed by atoms with Crippen LogP contribution in [0.1, 0.15) is 15.9 Å². The zero-order chi connectivity index (χ0) is 17.6. The maximum Gasteiger partial charge on any atom is 0.252 e. The summed E-state index contributed by atoms with van der Waals surface area (Å²) in [4.78, 5) is 28.1. The number of nitrogens with zero attached hydrogens (tertiary/aromatic N) is 1. The number of amides is 2. The molecule has 0 aliphatic carbocycles. The second kappa shape index (κ2) is 7.63. The van der Waals surface area contributed by atoms with Crippen LogP contribution in [-0.2, 0) is 11.3 Å². The molecule has 2 heterocycles. The highest BCUT2D eigenvalue weighted by Crippen LogP contribution is 2.32. The molecule has 1 aliphatic heterocycles. The van der Waals surface area contributed by atoms with E-state index >= 15 is 0 Å². The third-order valence-corrected chi connectivity index (χ3v) is 3.65. The Morgan fingerprint density at radius 2 is 1.92 bits per heavy atom. The van der Waals surface area contributed by atoms with Crippen molar-refractivity contribution in [1.82, 2.24) is 15.6 Å². The average Bonchev–Trinajstić information content (AvgIpc) is 3.12. The Morgan fingerprint density at radius 3 is 2.68 bits per heavy atom. The summed E-state index contributed by atoms with van der Waals surface area (Å²) < 4.78 is 10.5. The number of fused-ring (bicyclic) bond motifs is 1. The second-order valence-corrected chi connectivity index (χ2v) is 5.35. The lowest BCUT2D eigenvalue weighted by molar-refractivity contribution is -0.124. The van der Waals surface area contributed by atoms with Crippen LogP contribution >= 0.6 is 0 Å². The van der Waals surface area contributed by atoms with Gasteiger partial charge in [-0.25, -0.2) is 0 Å². The van der Waals surface area contributed by atoms with Crippen LogP contribution in [-0.4, -0.2) is 41.3 Å². The minimum Gasteiger partial charge on any atom is -0.454 e. The number of rotatable bonds is 6. The fourth-order valence-corrected chi connectivity index (χ4v) is 2.30.